The molecule has 0 saturated carbocycles. The van der Waals surface area contributed by atoms with E-state index < -0.39 is 11.7 Å². The summed E-state index contributed by atoms with van der Waals surface area (Å²) in [5, 5.41) is 0. The SMILES string of the molecule is NC(=O)c1cc(Oc2cc(Br)ccc2F)ccn1. The number of nitrogens with zero attached hydrogens (tertiary/aromatic N) is 1. The van der Waals surface area contributed by atoms with E-state index in [0.29, 0.717) is 4.47 Å². The van der Waals surface area contributed by atoms with E-state index >= 15 is 0 Å². The van der Waals surface area contributed by atoms with Crippen molar-refractivity contribution in [1.82, 2.24) is 4.98 Å². The molecule has 0 aliphatic carbocycles. The number of primary amides is 1. The second-order valence-corrected chi connectivity index (χ2v) is 4.33. The molecule has 1 heterocycles. The highest BCUT2D eigenvalue weighted by atomic mass is 79.9. The van der Waals surface area contributed by atoms with Crippen molar-refractivity contribution in [3.63, 3.8) is 0 Å². The van der Waals surface area contributed by atoms with Gasteiger partial charge in [-0.3, -0.25) is 9.78 Å². The average molecular weight is 311 g/mol. The van der Waals surface area contributed by atoms with Gasteiger partial charge in [-0.1, -0.05) is 15.9 Å². The van der Waals surface area contributed by atoms with Gasteiger partial charge in [0.1, 0.15) is 11.4 Å². The second-order valence-electron chi connectivity index (χ2n) is 3.42. The maximum absolute atomic E-state index is 13.5. The first kappa shape index (κ1) is 12.5. The number of pyridine rings is 1. The molecule has 0 fully saturated rings. The summed E-state index contributed by atoms with van der Waals surface area (Å²) >= 11 is 3.21. The molecule has 1 aromatic carbocycles. The lowest BCUT2D eigenvalue weighted by atomic mass is 10.3. The van der Waals surface area contributed by atoms with Gasteiger partial charge in [-0.15, -0.1) is 0 Å². The topological polar surface area (TPSA) is 65.2 Å². The largest absolute Gasteiger partial charge is 0.454 e. The van der Waals surface area contributed by atoms with Gasteiger partial charge in [0.15, 0.2) is 11.6 Å². The number of nitrogens with two attached hydrogens (primary N) is 1. The zero-order valence-corrected chi connectivity index (χ0v) is 10.6. The van der Waals surface area contributed by atoms with Crippen molar-refractivity contribution in [1.29, 1.82) is 0 Å². The summed E-state index contributed by atoms with van der Waals surface area (Å²) < 4.78 is 19.5. The van der Waals surface area contributed by atoms with Crippen LogP contribution in [-0.4, -0.2) is 10.9 Å². The third-order valence-corrected chi connectivity index (χ3v) is 2.60. The van der Waals surface area contributed by atoms with Crippen molar-refractivity contribution < 1.29 is 13.9 Å². The molecule has 0 unspecified atom stereocenters. The van der Waals surface area contributed by atoms with Crippen LogP contribution >= 0.6 is 15.9 Å². The van der Waals surface area contributed by atoms with Gasteiger partial charge in [-0.2, -0.15) is 0 Å². The number of carbonyl (C=O) groups excluding carboxylic acids is 1. The minimum atomic E-state index is -0.671. The Hall–Kier alpha value is -1.95. The molecule has 0 spiro atoms. The van der Waals surface area contributed by atoms with Crippen LogP contribution in [0.2, 0.25) is 0 Å². The van der Waals surface area contributed by atoms with Gasteiger partial charge < -0.3 is 10.5 Å². The monoisotopic (exact) mass is 310 g/mol. The molecule has 0 aliphatic rings. The quantitative estimate of drug-likeness (QED) is 0.948. The maximum Gasteiger partial charge on any atom is 0.267 e. The van der Waals surface area contributed by atoms with Crippen molar-refractivity contribution in [2.75, 3.05) is 0 Å². The van der Waals surface area contributed by atoms with Crippen molar-refractivity contribution in [2.45, 2.75) is 0 Å². The van der Waals surface area contributed by atoms with Crippen LogP contribution in [0.25, 0.3) is 0 Å². The molecule has 18 heavy (non-hydrogen) atoms. The van der Waals surface area contributed by atoms with Gasteiger partial charge in [0.25, 0.3) is 5.91 Å². The van der Waals surface area contributed by atoms with E-state index in [-0.39, 0.29) is 17.2 Å². The van der Waals surface area contributed by atoms with E-state index in [4.69, 9.17) is 10.5 Å². The number of amides is 1. The highest BCUT2D eigenvalue weighted by Gasteiger charge is 2.08. The first-order chi connectivity index (χ1) is 8.56. The van der Waals surface area contributed by atoms with Gasteiger partial charge in [0, 0.05) is 16.7 Å². The van der Waals surface area contributed by atoms with Crippen LogP contribution in [-0.2, 0) is 0 Å². The normalized spacial score (nSPS) is 10.1. The predicted molar refractivity (Wildman–Crippen MR) is 66.9 cm³/mol. The second kappa shape index (κ2) is 5.14. The summed E-state index contributed by atoms with van der Waals surface area (Å²) in [7, 11) is 0. The third kappa shape index (κ3) is 2.84. The first-order valence-electron chi connectivity index (χ1n) is 4.95. The Morgan fingerprint density at radius 1 is 1.33 bits per heavy atom. The minimum Gasteiger partial charge on any atom is -0.454 e. The summed E-state index contributed by atoms with van der Waals surface area (Å²) in [5.74, 6) is -0.840. The molecular weight excluding hydrogens is 303 g/mol. The van der Waals surface area contributed by atoms with Gasteiger partial charge >= 0.3 is 0 Å². The Morgan fingerprint density at radius 2 is 2.11 bits per heavy atom. The Kier molecular flexibility index (Phi) is 3.57. The van der Waals surface area contributed by atoms with Crippen LogP contribution in [0.5, 0.6) is 11.5 Å². The van der Waals surface area contributed by atoms with Crippen molar-refractivity contribution in [2.24, 2.45) is 5.73 Å². The number of carbonyl (C=O) groups is 1. The summed E-state index contributed by atoms with van der Waals surface area (Å²) in [5.41, 5.74) is 5.15. The number of ether oxygens (including phenoxy) is 1. The highest BCUT2D eigenvalue weighted by molar-refractivity contribution is 9.10. The van der Waals surface area contributed by atoms with Crippen LogP contribution in [0, 0.1) is 5.82 Å². The van der Waals surface area contributed by atoms with Gasteiger partial charge in [-0.25, -0.2) is 4.39 Å². The Bertz CT molecular complexity index is 604. The Labute approximate surface area is 111 Å². The fourth-order valence-electron chi connectivity index (χ4n) is 1.29. The number of hydrogen-bond donors (Lipinski definition) is 1. The molecule has 1 aromatic heterocycles. The van der Waals surface area contributed by atoms with Crippen LogP contribution < -0.4 is 10.5 Å². The lowest BCUT2D eigenvalue weighted by Crippen LogP contribution is -2.12. The Morgan fingerprint density at radius 3 is 2.83 bits per heavy atom. The van der Waals surface area contributed by atoms with E-state index in [9.17, 15) is 9.18 Å². The molecule has 0 atom stereocenters. The number of halogens is 2. The molecule has 0 bridgehead atoms. The van der Waals surface area contributed by atoms with Gasteiger partial charge in [0.05, 0.1) is 0 Å². The van der Waals surface area contributed by atoms with Crippen LogP contribution in [0.15, 0.2) is 41.0 Å². The smallest absolute Gasteiger partial charge is 0.267 e. The molecule has 6 heteroatoms. The number of hydrogen-bond acceptors (Lipinski definition) is 3. The fraction of sp³-hybridized carbons (Fsp3) is 0. The maximum atomic E-state index is 13.5. The van der Waals surface area contributed by atoms with Gasteiger partial charge in [0.2, 0.25) is 0 Å². The number of aromatic nitrogens is 1. The van der Waals surface area contributed by atoms with Gasteiger partial charge in [-0.05, 0) is 24.3 Å². The lowest BCUT2D eigenvalue weighted by molar-refractivity contribution is 0.0995. The average Bonchev–Trinajstić information content (AvgIpc) is 2.34. The summed E-state index contributed by atoms with van der Waals surface area (Å²) in [6.45, 7) is 0. The van der Waals surface area contributed by atoms with Crippen LogP contribution in [0.3, 0.4) is 0 Å². The number of rotatable bonds is 3. The van der Waals surface area contributed by atoms with E-state index in [2.05, 4.69) is 20.9 Å². The molecule has 2 N–H and O–H groups in total. The lowest BCUT2D eigenvalue weighted by Gasteiger charge is -2.07. The molecule has 4 nitrogen and oxygen atoms in total. The molecule has 92 valence electrons. The number of benzene rings is 1. The van der Waals surface area contributed by atoms with Crippen LogP contribution in [0.4, 0.5) is 4.39 Å². The molecule has 0 radical (unpaired) electrons. The molecular formula is C12H8BrFN2O2. The molecule has 0 aliphatic heterocycles. The zero-order chi connectivity index (χ0) is 13.1. The standard InChI is InChI=1S/C12H8BrFN2O2/c13-7-1-2-9(14)11(5-7)18-8-3-4-16-10(6-8)12(15)17/h1-6H,(H2,15,17). The van der Waals surface area contributed by atoms with E-state index in [0.717, 1.165) is 0 Å². The van der Waals surface area contributed by atoms with E-state index in [1.807, 2.05) is 0 Å². The van der Waals surface area contributed by atoms with Crippen LogP contribution in [0.1, 0.15) is 10.5 Å². The Balaban J connectivity index is 2.31. The molecule has 2 rings (SSSR count). The van der Waals surface area contributed by atoms with Crippen molar-refractivity contribution >= 4 is 21.8 Å². The fourth-order valence-corrected chi connectivity index (χ4v) is 1.63. The minimum absolute atomic E-state index is 0.0472. The van der Waals surface area contributed by atoms with E-state index in [1.165, 1.54) is 30.5 Å². The summed E-state index contributed by atoms with van der Waals surface area (Å²) in [6.07, 6.45) is 1.37. The summed E-state index contributed by atoms with van der Waals surface area (Å²) in [4.78, 5) is 14.7. The van der Waals surface area contributed by atoms with E-state index in [1.54, 1.807) is 6.07 Å². The first-order valence-corrected chi connectivity index (χ1v) is 5.74. The third-order valence-electron chi connectivity index (χ3n) is 2.10. The summed E-state index contributed by atoms with van der Waals surface area (Å²) in [6, 6.07) is 7.17. The van der Waals surface area contributed by atoms with Crippen molar-refractivity contribution in [3.8, 4) is 11.5 Å². The molecule has 1 amide bonds. The molecule has 2 aromatic rings. The predicted octanol–water partition coefficient (Wildman–Crippen LogP) is 2.87. The molecule has 0 saturated heterocycles. The zero-order valence-electron chi connectivity index (χ0n) is 9.06. The highest BCUT2D eigenvalue weighted by Crippen LogP contribution is 2.27. The van der Waals surface area contributed by atoms with Crippen molar-refractivity contribution in [3.05, 3.63) is 52.5 Å².